The van der Waals surface area contributed by atoms with E-state index in [1.165, 1.54) is 17.4 Å². The van der Waals surface area contributed by atoms with Crippen LogP contribution in [0.25, 0.3) is 21.2 Å². The molecule has 0 radical (unpaired) electrons. The van der Waals surface area contributed by atoms with Gasteiger partial charge in [-0.05, 0) is 94.1 Å². The molecule has 1 amide bonds. The SMILES string of the molecule is CN[C@H]1CC[C@@H](N(Cc2cc(-c3cc(C)nc(C)c3)ccc2OC)C(=O)c2sc3cccc(F)c3c2Cl)CC1. The van der Waals surface area contributed by atoms with Gasteiger partial charge >= 0.3 is 0 Å². The average molecular weight is 566 g/mol. The Morgan fingerprint density at radius 2 is 1.82 bits per heavy atom. The Morgan fingerprint density at radius 3 is 2.46 bits per heavy atom. The van der Waals surface area contributed by atoms with E-state index in [-0.39, 0.29) is 17.0 Å². The second-order valence-electron chi connectivity index (χ2n) is 10.3. The summed E-state index contributed by atoms with van der Waals surface area (Å²) < 4.78 is 21.1. The number of fused-ring (bicyclic) bond motifs is 1. The van der Waals surface area contributed by atoms with E-state index >= 15 is 0 Å². The van der Waals surface area contributed by atoms with E-state index in [2.05, 4.69) is 28.5 Å². The summed E-state index contributed by atoms with van der Waals surface area (Å²) in [7, 11) is 3.63. The molecule has 0 atom stereocenters. The zero-order valence-electron chi connectivity index (χ0n) is 22.7. The fraction of sp³-hybridized carbons (Fsp3) is 0.355. The first-order chi connectivity index (χ1) is 18.8. The highest BCUT2D eigenvalue weighted by Crippen LogP contribution is 2.39. The number of carbonyl (C=O) groups is 1. The lowest BCUT2D eigenvalue weighted by Gasteiger charge is -2.37. The third kappa shape index (κ3) is 5.67. The number of pyridine rings is 1. The van der Waals surface area contributed by atoms with Gasteiger partial charge in [-0.25, -0.2) is 4.39 Å². The Morgan fingerprint density at radius 1 is 1.10 bits per heavy atom. The van der Waals surface area contributed by atoms with Crippen LogP contribution in [0.1, 0.15) is 52.3 Å². The van der Waals surface area contributed by atoms with Crippen molar-refractivity contribution < 1.29 is 13.9 Å². The summed E-state index contributed by atoms with van der Waals surface area (Å²) in [5.74, 6) is 0.138. The zero-order chi connectivity index (χ0) is 27.7. The van der Waals surface area contributed by atoms with Crippen LogP contribution in [-0.2, 0) is 6.54 Å². The molecular weight excluding hydrogens is 533 g/mol. The van der Waals surface area contributed by atoms with Crippen molar-refractivity contribution in [3.63, 3.8) is 0 Å². The van der Waals surface area contributed by atoms with Gasteiger partial charge < -0.3 is 15.0 Å². The number of aryl methyl sites for hydroxylation is 2. The molecular formula is C31H33ClFN3O2S. The molecule has 2 aromatic carbocycles. The molecule has 1 saturated carbocycles. The maximum absolute atomic E-state index is 14.6. The lowest BCUT2D eigenvalue weighted by molar-refractivity contribution is 0.0604. The molecule has 204 valence electrons. The summed E-state index contributed by atoms with van der Waals surface area (Å²) in [4.78, 5) is 21.0. The molecule has 1 aliphatic rings. The van der Waals surface area contributed by atoms with E-state index < -0.39 is 5.82 Å². The monoisotopic (exact) mass is 565 g/mol. The predicted octanol–water partition coefficient (Wildman–Crippen LogP) is 7.55. The number of hydrogen-bond acceptors (Lipinski definition) is 5. The highest BCUT2D eigenvalue weighted by Gasteiger charge is 2.32. The van der Waals surface area contributed by atoms with E-state index in [4.69, 9.17) is 16.3 Å². The molecule has 1 fully saturated rings. The number of methoxy groups -OCH3 is 1. The molecule has 5 nitrogen and oxygen atoms in total. The second kappa shape index (κ2) is 11.6. The molecule has 5 rings (SSSR count). The smallest absolute Gasteiger partial charge is 0.266 e. The standard InChI is InChI=1S/C31H33ClFN3O2S/c1-18-14-21(15-19(2)35-18)20-8-13-26(38-4)22(16-20)17-36(24-11-9-23(34-3)10-12-24)31(37)30-29(32)28-25(33)6-5-7-27(28)39-30/h5-8,13-16,23-24,34H,9-12,17H2,1-4H3/t23-,24+. The van der Waals surface area contributed by atoms with Gasteiger partial charge in [0.25, 0.3) is 5.91 Å². The van der Waals surface area contributed by atoms with Crippen molar-refractivity contribution >= 4 is 38.9 Å². The number of aromatic nitrogens is 1. The Bertz CT molecular complexity index is 1490. The molecule has 1 aliphatic carbocycles. The van der Waals surface area contributed by atoms with Crippen molar-refractivity contribution in [1.82, 2.24) is 15.2 Å². The minimum absolute atomic E-state index is 0.0343. The van der Waals surface area contributed by atoms with E-state index in [0.717, 1.165) is 59.5 Å². The Labute approximate surface area is 238 Å². The first-order valence-corrected chi connectivity index (χ1v) is 14.5. The van der Waals surface area contributed by atoms with Crippen LogP contribution in [-0.4, -0.2) is 42.0 Å². The fourth-order valence-corrected chi connectivity index (χ4v) is 7.16. The summed E-state index contributed by atoms with van der Waals surface area (Å²) >= 11 is 7.92. The number of halogens is 2. The lowest BCUT2D eigenvalue weighted by Crippen LogP contribution is -2.44. The molecule has 39 heavy (non-hydrogen) atoms. The van der Waals surface area contributed by atoms with E-state index in [9.17, 15) is 9.18 Å². The predicted molar refractivity (Wildman–Crippen MR) is 157 cm³/mol. The van der Waals surface area contributed by atoms with Gasteiger partial charge in [-0.15, -0.1) is 11.3 Å². The van der Waals surface area contributed by atoms with Crippen molar-refractivity contribution in [3.05, 3.63) is 81.2 Å². The van der Waals surface area contributed by atoms with Gasteiger partial charge in [-0.2, -0.15) is 0 Å². The number of carbonyl (C=O) groups excluding carboxylic acids is 1. The molecule has 0 bridgehead atoms. The summed E-state index contributed by atoms with van der Waals surface area (Å²) in [6, 6.07) is 15.5. The van der Waals surface area contributed by atoms with Crippen LogP contribution in [0.15, 0.2) is 48.5 Å². The van der Waals surface area contributed by atoms with Crippen LogP contribution >= 0.6 is 22.9 Å². The van der Waals surface area contributed by atoms with Crippen molar-refractivity contribution in [2.75, 3.05) is 14.2 Å². The first-order valence-electron chi connectivity index (χ1n) is 13.3. The Kier molecular flexibility index (Phi) is 8.21. The van der Waals surface area contributed by atoms with Crippen molar-refractivity contribution in [2.24, 2.45) is 0 Å². The maximum atomic E-state index is 14.6. The van der Waals surface area contributed by atoms with Crippen LogP contribution in [0.5, 0.6) is 5.75 Å². The van der Waals surface area contributed by atoms with Gasteiger partial charge in [0.1, 0.15) is 16.4 Å². The molecule has 0 spiro atoms. The number of thiophene rings is 1. The van der Waals surface area contributed by atoms with Crippen LogP contribution in [0.4, 0.5) is 4.39 Å². The average Bonchev–Trinajstić information content (AvgIpc) is 3.28. The number of nitrogens with zero attached hydrogens (tertiary/aromatic N) is 2. The number of rotatable bonds is 7. The lowest BCUT2D eigenvalue weighted by atomic mass is 9.89. The normalized spacial score (nSPS) is 17.4. The zero-order valence-corrected chi connectivity index (χ0v) is 24.3. The van der Waals surface area contributed by atoms with Gasteiger partial charge in [0.2, 0.25) is 0 Å². The molecule has 2 aromatic heterocycles. The van der Waals surface area contributed by atoms with Crippen LogP contribution < -0.4 is 10.1 Å². The minimum Gasteiger partial charge on any atom is -0.496 e. The van der Waals surface area contributed by atoms with E-state index in [1.54, 1.807) is 19.2 Å². The summed E-state index contributed by atoms with van der Waals surface area (Å²) in [5, 5.41) is 3.88. The third-order valence-corrected chi connectivity index (χ3v) is 9.28. The van der Waals surface area contributed by atoms with Gasteiger partial charge in [0, 0.05) is 45.7 Å². The van der Waals surface area contributed by atoms with Crippen LogP contribution in [0.2, 0.25) is 5.02 Å². The molecule has 0 aliphatic heterocycles. The summed E-state index contributed by atoms with van der Waals surface area (Å²) in [5.41, 5.74) is 4.92. The van der Waals surface area contributed by atoms with Crippen molar-refractivity contribution in [1.29, 1.82) is 0 Å². The number of hydrogen-bond donors (Lipinski definition) is 1. The summed E-state index contributed by atoms with van der Waals surface area (Å²) in [6.07, 6.45) is 3.71. The number of amides is 1. The maximum Gasteiger partial charge on any atom is 0.266 e. The second-order valence-corrected chi connectivity index (χ2v) is 11.7. The van der Waals surface area contributed by atoms with Crippen LogP contribution in [0.3, 0.4) is 0 Å². The largest absolute Gasteiger partial charge is 0.496 e. The number of ether oxygens (including phenoxy) is 1. The fourth-order valence-electron chi connectivity index (χ4n) is 5.65. The van der Waals surface area contributed by atoms with Gasteiger partial charge in [-0.3, -0.25) is 9.78 Å². The van der Waals surface area contributed by atoms with E-state index in [0.29, 0.717) is 27.5 Å². The highest BCUT2D eigenvalue weighted by atomic mass is 35.5. The first kappa shape index (κ1) is 27.6. The number of benzene rings is 2. The van der Waals surface area contributed by atoms with Crippen molar-refractivity contribution in [3.8, 4) is 16.9 Å². The van der Waals surface area contributed by atoms with Gasteiger partial charge in [0.15, 0.2) is 0 Å². The Hall–Kier alpha value is -3.00. The highest BCUT2D eigenvalue weighted by molar-refractivity contribution is 7.21. The number of nitrogens with one attached hydrogen (secondary N) is 1. The minimum atomic E-state index is -0.411. The van der Waals surface area contributed by atoms with Gasteiger partial charge in [-0.1, -0.05) is 23.7 Å². The molecule has 4 aromatic rings. The molecule has 2 heterocycles. The molecule has 0 saturated heterocycles. The molecule has 8 heteroatoms. The van der Waals surface area contributed by atoms with Gasteiger partial charge in [0.05, 0.1) is 12.1 Å². The van der Waals surface area contributed by atoms with Crippen LogP contribution in [0, 0.1) is 19.7 Å². The third-order valence-electron chi connectivity index (χ3n) is 7.64. The molecule has 1 N–H and O–H groups in total. The van der Waals surface area contributed by atoms with E-state index in [1.807, 2.05) is 37.9 Å². The Balaban J connectivity index is 1.55. The summed E-state index contributed by atoms with van der Waals surface area (Å²) in [6.45, 7) is 4.33. The topological polar surface area (TPSA) is 54.5 Å². The quantitative estimate of drug-likeness (QED) is 0.251. The van der Waals surface area contributed by atoms with Crippen molar-refractivity contribution in [2.45, 2.75) is 58.2 Å². The molecule has 0 unspecified atom stereocenters.